The molecule has 0 aromatic heterocycles. The van der Waals surface area contributed by atoms with Crippen LogP contribution in [0.5, 0.6) is 0 Å². The number of hydrogen-bond acceptors (Lipinski definition) is 0. The van der Waals surface area contributed by atoms with Crippen LogP contribution >= 0.6 is 0 Å². The first-order chi connectivity index (χ1) is 3.83. The van der Waals surface area contributed by atoms with Crippen molar-refractivity contribution in [2.75, 3.05) is 0 Å². The van der Waals surface area contributed by atoms with E-state index in [4.69, 9.17) is 0 Å². The third-order valence-corrected chi connectivity index (χ3v) is 0.707. The van der Waals surface area contributed by atoms with E-state index >= 15 is 0 Å². The van der Waals surface area contributed by atoms with Crippen molar-refractivity contribution in [2.24, 2.45) is 0 Å². The minimum absolute atomic E-state index is 0. The van der Waals surface area contributed by atoms with Gasteiger partial charge in [0.05, 0.1) is 0 Å². The SMILES string of the molecule is [CH2-]CCC.[CH2-]CCC.[Ca+2]. The molecule has 1 heteroatoms. The Kier molecular flexibility index (Phi) is 42.3. The molecular weight excluding hydrogens is 136 g/mol. The summed E-state index contributed by atoms with van der Waals surface area (Å²) in [5.74, 6) is 0. The van der Waals surface area contributed by atoms with Crippen LogP contribution in [0.15, 0.2) is 0 Å². The molecule has 0 aromatic rings. The van der Waals surface area contributed by atoms with E-state index in [0.717, 1.165) is 12.8 Å². The number of unbranched alkanes of at least 4 members (excludes halogenated alkanes) is 2. The molecule has 0 saturated carbocycles. The van der Waals surface area contributed by atoms with Crippen LogP contribution in [-0.4, -0.2) is 37.7 Å². The van der Waals surface area contributed by atoms with Crippen molar-refractivity contribution in [1.82, 2.24) is 0 Å². The van der Waals surface area contributed by atoms with Gasteiger partial charge in [-0.25, -0.2) is 0 Å². The summed E-state index contributed by atoms with van der Waals surface area (Å²) < 4.78 is 0. The molecule has 0 radical (unpaired) electrons. The molecule has 0 bridgehead atoms. The topological polar surface area (TPSA) is 0 Å². The van der Waals surface area contributed by atoms with Crippen LogP contribution in [0.2, 0.25) is 0 Å². The summed E-state index contributed by atoms with van der Waals surface area (Å²) in [7, 11) is 0. The summed E-state index contributed by atoms with van der Waals surface area (Å²) in [5.41, 5.74) is 0. The van der Waals surface area contributed by atoms with Crippen molar-refractivity contribution in [1.29, 1.82) is 0 Å². The van der Waals surface area contributed by atoms with E-state index in [1.165, 1.54) is 12.8 Å². The predicted octanol–water partition coefficient (Wildman–Crippen LogP) is 2.86. The summed E-state index contributed by atoms with van der Waals surface area (Å²) in [6.45, 7) is 11.4. The summed E-state index contributed by atoms with van der Waals surface area (Å²) in [5, 5.41) is 0. The molecular formula is C8H18Ca. The predicted molar refractivity (Wildman–Crippen MR) is 46.3 cm³/mol. The maximum atomic E-state index is 3.60. The summed E-state index contributed by atoms with van der Waals surface area (Å²) >= 11 is 0. The molecule has 9 heavy (non-hydrogen) atoms. The van der Waals surface area contributed by atoms with Gasteiger partial charge < -0.3 is 13.8 Å². The van der Waals surface area contributed by atoms with Crippen molar-refractivity contribution in [3.63, 3.8) is 0 Å². The van der Waals surface area contributed by atoms with E-state index in [-0.39, 0.29) is 37.7 Å². The average molecular weight is 154 g/mol. The fourth-order valence-corrected chi connectivity index (χ4v) is 0. The van der Waals surface area contributed by atoms with E-state index in [0.29, 0.717) is 0 Å². The third-order valence-electron chi connectivity index (χ3n) is 0.707. The van der Waals surface area contributed by atoms with E-state index in [2.05, 4.69) is 27.7 Å². The van der Waals surface area contributed by atoms with Gasteiger partial charge in [-0.15, -0.1) is 0 Å². The molecule has 0 aliphatic carbocycles. The van der Waals surface area contributed by atoms with Gasteiger partial charge in [0.15, 0.2) is 0 Å². The van der Waals surface area contributed by atoms with E-state index < -0.39 is 0 Å². The Morgan fingerprint density at radius 2 is 1.00 bits per heavy atom. The minimum Gasteiger partial charge on any atom is -0.343 e. The zero-order valence-electron chi connectivity index (χ0n) is 6.95. The standard InChI is InChI=1S/2C4H9.Ca/c2*1-3-4-2;/h2*1,3-4H2,2H3;/q2*-1;+2. The molecule has 0 saturated heterocycles. The number of rotatable bonds is 2. The van der Waals surface area contributed by atoms with E-state index in [9.17, 15) is 0 Å². The van der Waals surface area contributed by atoms with Gasteiger partial charge in [-0.1, -0.05) is 26.7 Å². The molecule has 0 spiro atoms. The molecule has 52 valence electrons. The first-order valence-corrected chi connectivity index (χ1v) is 3.41. The summed E-state index contributed by atoms with van der Waals surface area (Å²) in [6.07, 6.45) is 4.56. The van der Waals surface area contributed by atoms with Gasteiger partial charge in [0.25, 0.3) is 0 Å². The Labute approximate surface area is 90.4 Å². The summed E-state index contributed by atoms with van der Waals surface area (Å²) in [4.78, 5) is 0. The van der Waals surface area contributed by atoms with Crippen LogP contribution in [0.25, 0.3) is 0 Å². The van der Waals surface area contributed by atoms with Crippen LogP contribution in [0.3, 0.4) is 0 Å². The van der Waals surface area contributed by atoms with Gasteiger partial charge in [-0.2, -0.15) is 12.8 Å². The average Bonchev–Trinajstić information content (AvgIpc) is 1.88. The van der Waals surface area contributed by atoms with Crippen molar-refractivity contribution >= 4 is 37.7 Å². The Hall–Kier alpha value is 1.26. The van der Waals surface area contributed by atoms with Gasteiger partial charge in [-0.3, -0.25) is 0 Å². The second-order valence-electron chi connectivity index (χ2n) is 1.71. The van der Waals surface area contributed by atoms with Crippen LogP contribution in [0.4, 0.5) is 0 Å². The van der Waals surface area contributed by atoms with Crippen LogP contribution in [0, 0.1) is 13.8 Å². The monoisotopic (exact) mass is 154 g/mol. The largest absolute Gasteiger partial charge is 2.00 e. The van der Waals surface area contributed by atoms with Crippen molar-refractivity contribution in [2.45, 2.75) is 39.5 Å². The summed E-state index contributed by atoms with van der Waals surface area (Å²) in [6, 6.07) is 0. The zero-order valence-corrected chi connectivity index (χ0v) is 9.16. The Morgan fingerprint density at radius 1 is 0.889 bits per heavy atom. The second kappa shape index (κ2) is 22.8. The molecule has 0 amide bonds. The second-order valence-corrected chi connectivity index (χ2v) is 1.71. The molecule has 0 unspecified atom stereocenters. The van der Waals surface area contributed by atoms with Crippen molar-refractivity contribution < 1.29 is 0 Å². The third kappa shape index (κ3) is 45.9. The normalized spacial score (nSPS) is 6.67. The Morgan fingerprint density at radius 3 is 1.00 bits per heavy atom. The number of hydrogen-bond donors (Lipinski definition) is 0. The molecule has 0 fully saturated rings. The maximum Gasteiger partial charge on any atom is 2.00 e. The molecule has 0 N–H and O–H groups in total. The van der Waals surface area contributed by atoms with Crippen molar-refractivity contribution in [3.8, 4) is 0 Å². The maximum absolute atomic E-state index is 3.60. The minimum atomic E-state index is 0. The van der Waals surface area contributed by atoms with E-state index in [1.807, 2.05) is 0 Å². The van der Waals surface area contributed by atoms with Gasteiger partial charge in [-0.05, 0) is 0 Å². The van der Waals surface area contributed by atoms with E-state index in [1.54, 1.807) is 0 Å². The molecule has 0 rings (SSSR count). The Balaban J connectivity index is -0.0000000720. The zero-order chi connectivity index (χ0) is 6.83. The van der Waals surface area contributed by atoms with Crippen LogP contribution in [-0.2, 0) is 0 Å². The molecule has 0 nitrogen and oxygen atoms in total. The van der Waals surface area contributed by atoms with Gasteiger partial charge in [0, 0.05) is 0 Å². The smallest absolute Gasteiger partial charge is 0.343 e. The molecule has 0 heterocycles. The molecule has 0 aliphatic rings. The van der Waals surface area contributed by atoms with Gasteiger partial charge in [0.2, 0.25) is 0 Å². The molecule has 0 atom stereocenters. The fourth-order valence-electron chi connectivity index (χ4n) is 0. The molecule has 0 aliphatic heterocycles. The van der Waals surface area contributed by atoms with Crippen LogP contribution in [0.1, 0.15) is 39.5 Å². The quantitative estimate of drug-likeness (QED) is 0.424. The van der Waals surface area contributed by atoms with Gasteiger partial charge >= 0.3 is 37.7 Å². The van der Waals surface area contributed by atoms with Crippen LogP contribution < -0.4 is 0 Å². The van der Waals surface area contributed by atoms with Crippen molar-refractivity contribution in [3.05, 3.63) is 13.8 Å². The fraction of sp³-hybridized carbons (Fsp3) is 0.750. The first-order valence-electron chi connectivity index (χ1n) is 3.41. The first kappa shape index (κ1) is 16.7. The Bertz CT molecular complexity index is 12.5. The molecule has 0 aromatic carbocycles. The van der Waals surface area contributed by atoms with Gasteiger partial charge in [0.1, 0.15) is 0 Å².